The predicted molar refractivity (Wildman–Crippen MR) is 419 cm³/mol. The van der Waals surface area contributed by atoms with Gasteiger partial charge in [-0.3, -0.25) is 0 Å². The van der Waals surface area contributed by atoms with E-state index in [0.29, 0.717) is 0 Å². The topological polar surface area (TPSA) is 46.4 Å². The molecule has 4 nitrogen and oxygen atoms in total. The van der Waals surface area contributed by atoms with Crippen LogP contribution in [0.15, 0.2) is 344 Å². The molecule has 486 valence electrons. The molecule has 5 heteroatoms. The van der Waals surface area contributed by atoms with E-state index < -0.39 is 32.0 Å². The van der Waals surface area contributed by atoms with Crippen molar-refractivity contribution >= 4 is 55.5 Å². The van der Waals surface area contributed by atoms with E-state index in [1.54, 1.807) is 0 Å². The number of halogens is 1. The molecule has 103 heavy (non-hydrogen) atoms. The number of hydrogen-bond acceptors (Lipinski definition) is 4. The van der Waals surface area contributed by atoms with Crippen molar-refractivity contribution in [3.8, 4) is 89.4 Å². The summed E-state index contributed by atoms with van der Waals surface area (Å²) in [7, 11) is 0. The molecule has 0 amide bonds. The molecule has 21 rings (SSSR count). The van der Waals surface area contributed by atoms with Crippen molar-refractivity contribution in [1.29, 1.82) is 0 Å². The second-order valence-electron chi connectivity index (χ2n) is 27.9. The molecule has 0 fully saturated rings. The molecule has 0 saturated heterocycles. The Morgan fingerprint density at radius 2 is 0.825 bits per heavy atom. The van der Waals surface area contributed by atoms with Gasteiger partial charge in [0.15, 0.2) is 0 Å². The summed E-state index contributed by atoms with van der Waals surface area (Å²) in [5.41, 5.74) is 34.0. The van der Waals surface area contributed by atoms with Crippen LogP contribution in [0.25, 0.3) is 111 Å². The van der Waals surface area contributed by atoms with Gasteiger partial charge in [-0.05, 0) is 75.0 Å². The fraction of sp³-hybridized carbons (Fsp3) is 0.0408. The summed E-state index contributed by atoms with van der Waals surface area (Å²) in [6.45, 7) is 4.50. The van der Waals surface area contributed by atoms with Gasteiger partial charge < -0.3 is 10.1 Å². The number of rotatable bonds is 9. The minimum absolute atomic E-state index is 0.534. The Morgan fingerprint density at radius 1 is 0.282 bits per heavy atom. The van der Waals surface area contributed by atoms with Gasteiger partial charge in [0.25, 0.3) is 0 Å². The molecule has 2 spiro atoms. The molecule has 0 radical (unpaired) electrons. The number of anilines is 4. The van der Waals surface area contributed by atoms with E-state index in [4.69, 9.17) is 9.15 Å². The summed E-state index contributed by atoms with van der Waals surface area (Å²) in [4.78, 5) is 0. The van der Waals surface area contributed by atoms with Crippen LogP contribution < -0.4 is 36.6 Å². The molecule has 4 aliphatic rings. The van der Waals surface area contributed by atoms with E-state index in [9.17, 15) is 0 Å². The summed E-state index contributed by atoms with van der Waals surface area (Å²) in [5, 5.41) is 12.6. The van der Waals surface area contributed by atoms with Crippen LogP contribution in [0.3, 0.4) is 0 Å². The summed E-state index contributed by atoms with van der Waals surface area (Å²) in [6, 6.07) is 126. The number of aryl methyl sites for hydroxylation is 2. The first-order chi connectivity index (χ1) is 50.8. The summed E-state index contributed by atoms with van der Waals surface area (Å²) < 4.78 is 16.7. The quantitative estimate of drug-likeness (QED) is 0.141. The predicted octanol–water partition coefficient (Wildman–Crippen LogP) is 22.5. The molecule has 2 aliphatic carbocycles. The van der Waals surface area contributed by atoms with Gasteiger partial charge in [0.1, 0.15) is 11.5 Å². The Kier molecular flexibility index (Phi) is 13.4. The van der Waals surface area contributed by atoms with E-state index >= 15 is 0 Å². The first-order valence-electron chi connectivity index (χ1n) is 35.5. The van der Waals surface area contributed by atoms with Crippen LogP contribution >= 0.6 is 0 Å². The fourth-order valence-corrected chi connectivity index (χ4v) is 21.1. The van der Waals surface area contributed by atoms with Gasteiger partial charge in [-0.1, -0.05) is 133 Å². The third kappa shape index (κ3) is 8.95. The average Bonchev–Trinajstić information content (AvgIpc) is 1.55. The first kappa shape index (κ1) is 59.6. The van der Waals surface area contributed by atoms with Crippen LogP contribution in [0.5, 0.6) is 11.5 Å². The van der Waals surface area contributed by atoms with Crippen LogP contribution in [0, 0.1) is 21.0 Å². The van der Waals surface area contributed by atoms with Gasteiger partial charge in [-0.15, -0.1) is 0 Å². The van der Waals surface area contributed by atoms with E-state index in [1.807, 2.05) is 0 Å². The summed E-state index contributed by atoms with van der Waals surface area (Å²) in [6.07, 6.45) is 0. The van der Waals surface area contributed by atoms with Gasteiger partial charge in [0.2, 0.25) is 0 Å². The summed E-state index contributed by atoms with van der Waals surface area (Å²) in [5.74, 6) is 1.75. The Hall–Kier alpha value is -12.3. The molecule has 0 saturated carbocycles. The van der Waals surface area contributed by atoms with Gasteiger partial charge in [0, 0.05) is 22.5 Å². The second kappa shape index (κ2) is 23.1. The fourth-order valence-electron chi connectivity index (χ4n) is 18.0. The first-order valence-corrected chi connectivity index (χ1v) is 37.6. The standard InChI is InChI=1S/C98H64IN2O2/c1-59-21-18-38-90(95(59)69-49-43-64(53-60(69)2)71-30-19-25-61-24-6-7-26-70(61)71)101-68-47-51-89-86(55-68)98(83-35-14-16-37-88(83)99-89)82-34-13-10-29-75(82)76-50-44-65(54-85(76)98)78-58-94-79(57-77(78)62-22-4-3-5-23-62)96-72(31-20-40-93(96)103-94)63-41-45-66(46-42-63)100-67-48-52-92-87(56-67)97(84-36-15-17-39-91(84)102-92)80-32-11-8-27-73(80)74-28-9-12-33-81(74)97/h3-58,100-101H,1-2H3/q-1. The molecular weight excluding hydrogens is 1360 g/mol. The van der Waals surface area contributed by atoms with Crippen molar-refractivity contribution in [3.05, 3.63) is 402 Å². The number of nitrogens with one attached hydrogen (secondary N) is 2. The average molecular weight is 1430 g/mol. The van der Waals surface area contributed by atoms with Gasteiger partial charge >= 0.3 is 355 Å². The monoisotopic (exact) mass is 1430 g/mol. The zero-order valence-electron chi connectivity index (χ0n) is 56.5. The van der Waals surface area contributed by atoms with Crippen molar-refractivity contribution in [2.45, 2.75) is 24.7 Å². The minimum atomic E-state index is -0.607. The van der Waals surface area contributed by atoms with Crippen LogP contribution in [0.1, 0.15) is 55.6 Å². The third-order valence-corrected chi connectivity index (χ3v) is 25.5. The Morgan fingerprint density at radius 3 is 1.61 bits per heavy atom. The van der Waals surface area contributed by atoms with Gasteiger partial charge in [-0.2, -0.15) is 0 Å². The normalized spacial score (nSPS) is 14.5. The Labute approximate surface area is 608 Å². The molecule has 0 bridgehead atoms. The second-order valence-corrected chi connectivity index (χ2v) is 30.8. The van der Waals surface area contributed by atoms with E-state index in [2.05, 4.69) is 364 Å². The number of ether oxygens (including phenoxy) is 1. The SMILES string of the molecule is Cc1cc(-c2cccc3ccccc23)ccc1-c1c(C)cccc1Nc1ccc2c(c1)C1(c3ccccc3[I-]2)c2ccccc2-c2ccc(-c3cc4oc5cccc(-c6ccc(Nc7ccc8c(c7)C7(c9ccccc9O8)c8ccccc8-c8ccccc87)cc6)c5c4cc3-c3ccccc3)cc21. The molecule has 1 aromatic heterocycles. The number of benzene rings is 16. The Bertz CT molecular complexity index is 6370. The molecule has 1 atom stereocenters. The molecular formula is C98H64IN2O2-. The zero-order chi connectivity index (χ0) is 68.1. The van der Waals surface area contributed by atoms with E-state index in [0.717, 1.165) is 101 Å². The van der Waals surface area contributed by atoms with E-state index in [-0.39, 0.29) is 0 Å². The van der Waals surface area contributed by atoms with Crippen LogP contribution in [0.2, 0.25) is 0 Å². The maximum atomic E-state index is 7.09. The third-order valence-electron chi connectivity index (χ3n) is 22.4. The molecule has 3 heterocycles. The van der Waals surface area contributed by atoms with Crippen molar-refractivity contribution in [2.24, 2.45) is 0 Å². The van der Waals surface area contributed by atoms with Crippen LogP contribution in [0.4, 0.5) is 22.7 Å². The number of hydrogen-bond donors (Lipinski definition) is 2. The van der Waals surface area contributed by atoms with Crippen molar-refractivity contribution < 1.29 is 30.4 Å². The van der Waals surface area contributed by atoms with Crippen LogP contribution in [-0.4, -0.2) is 0 Å². The van der Waals surface area contributed by atoms with E-state index in [1.165, 1.54) is 107 Å². The molecule has 16 aromatic carbocycles. The van der Waals surface area contributed by atoms with Crippen LogP contribution in [-0.2, 0) is 10.8 Å². The number of fused-ring (bicyclic) bond motifs is 22. The van der Waals surface area contributed by atoms with Crippen molar-refractivity contribution in [1.82, 2.24) is 0 Å². The maximum absolute atomic E-state index is 7.09. The molecule has 17 aromatic rings. The number of para-hydroxylation sites is 1. The van der Waals surface area contributed by atoms with Gasteiger partial charge in [0.05, 0.1) is 5.41 Å². The van der Waals surface area contributed by atoms with Crippen molar-refractivity contribution in [3.63, 3.8) is 0 Å². The molecule has 1 unspecified atom stereocenters. The Balaban J connectivity index is 0.656. The molecule has 2 aliphatic heterocycles. The zero-order valence-corrected chi connectivity index (χ0v) is 58.7. The summed E-state index contributed by atoms with van der Waals surface area (Å²) >= 11 is -0.534. The van der Waals surface area contributed by atoms with Crippen molar-refractivity contribution in [2.75, 3.05) is 10.6 Å². The van der Waals surface area contributed by atoms with Gasteiger partial charge in [-0.25, -0.2) is 0 Å². The number of furan rings is 1. The molecule has 2 N–H and O–H groups in total.